The number of nitrogen functional groups attached to an aromatic ring is 1. The summed E-state index contributed by atoms with van der Waals surface area (Å²) in [5.74, 6) is 0. The predicted molar refractivity (Wildman–Crippen MR) is 407 cm³/mol. The van der Waals surface area contributed by atoms with Crippen LogP contribution in [0.1, 0.15) is 46.5 Å². The molecule has 4 fully saturated rings. The summed E-state index contributed by atoms with van der Waals surface area (Å²) in [7, 11) is -5.83. The van der Waals surface area contributed by atoms with E-state index in [1.165, 1.54) is 47.4 Å². The SMILES string of the molecule is CC(C)(C)OC(=O)N1CC[C@H]2[C@@H]1CCN2S(=O)(=O)c1cccc2cncc(Cl)c12.Clc1cncc2ccccc12.Nc1cccc2cncc(Cl)c12.O=S(=O)(Cl)c1cccc2cncc(Cl)c12.O=S(=O)(c1cccc2cncc(Cl)c12)N1CC[C@@H]2NCC[C@@H]21.O=[N+]([O-])c1cccc2cncc(Cl)c12. The molecule has 4 aliphatic rings. The number of hydrogen-bond donors (Lipinski definition) is 2. The number of sulfonamides is 2. The Morgan fingerprint density at radius 1 is 0.485 bits per heavy atom. The van der Waals surface area contributed by atoms with Crippen molar-refractivity contribution in [3.8, 4) is 0 Å². The molecule has 1 amide bonds. The van der Waals surface area contributed by atoms with Crippen LogP contribution in [0.15, 0.2) is 204 Å². The maximum Gasteiger partial charge on any atom is 0.410 e. The number of pyridine rings is 6. The van der Waals surface area contributed by atoms with Crippen LogP contribution in [-0.2, 0) is 33.8 Å². The number of non-ortho nitro benzene ring substituents is 1. The molecule has 4 saturated heterocycles. The minimum Gasteiger partial charge on any atom is -0.444 e. The lowest BCUT2D eigenvalue weighted by atomic mass is 10.1. The third kappa shape index (κ3) is 16.9. The Morgan fingerprint density at radius 2 is 0.883 bits per heavy atom. The Labute approximate surface area is 627 Å². The van der Waals surface area contributed by atoms with Crippen molar-refractivity contribution in [2.45, 2.75) is 90.9 Å². The number of nitro groups is 1. The predicted octanol–water partition coefficient (Wildman–Crippen LogP) is 16.6. The maximum absolute atomic E-state index is 13.6. The monoisotopic (exact) mass is 1580 g/mol. The summed E-state index contributed by atoms with van der Waals surface area (Å²) in [4.78, 5) is 48.7. The lowest BCUT2D eigenvalue weighted by molar-refractivity contribution is -0.383. The number of aromatic nitrogens is 6. The minimum absolute atomic E-state index is 0.00840. The van der Waals surface area contributed by atoms with Crippen LogP contribution in [0.25, 0.3) is 64.6 Å². The van der Waals surface area contributed by atoms with Gasteiger partial charge >= 0.3 is 6.09 Å². The summed E-state index contributed by atoms with van der Waals surface area (Å²) in [6.07, 6.45) is 21.4. The number of nitrogens with one attached hydrogen (secondary N) is 1. The molecule has 0 radical (unpaired) electrons. The van der Waals surface area contributed by atoms with E-state index >= 15 is 0 Å². The zero-order chi connectivity index (χ0) is 73.7. The van der Waals surface area contributed by atoms with Gasteiger partial charge in [0.2, 0.25) is 20.0 Å². The molecule has 0 unspecified atom stereocenters. The number of fused-ring (bicyclic) bond motifs is 8. The number of halogens is 7. The van der Waals surface area contributed by atoms with Gasteiger partial charge in [-0.3, -0.25) is 40.0 Å². The molecular formula is C71H63Cl7N12O10S3. The van der Waals surface area contributed by atoms with Crippen molar-refractivity contribution >= 4 is 191 Å². The van der Waals surface area contributed by atoms with Crippen molar-refractivity contribution in [3.05, 3.63) is 230 Å². The average Bonchev–Trinajstić information content (AvgIpc) is 1.77. The number of rotatable bonds is 6. The van der Waals surface area contributed by atoms with Crippen molar-refractivity contribution in [3.63, 3.8) is 0 Å². The fraction of sp³-hybridized carbons (Fsp3) is 0.225. The first-order valence-electron chi connectivity index (χ1n) is 31.8. The van der Waals surface area contributed by atoms with Crippen molar-refractivity contribution in [2.75, 3.05) is 31.9 Å². The van der Waals surface area contributed by atoms with Crippen molar-refractivity contribution in [2.24, 2.45) is 0 Å². The molecule has 6 aromatic carbocycles. The normalized spacial score (nSPS) is 17.4. The maximum atomic E-state index is 13.6. The zero-order valence-electron chi connectivity index (χ0n) is 54.9. The number of ether oxygens (including phenoxy) is 1. The highest BCUT2D eigenvalue weighted by molar-refractivity contribution is 8.14. The van der Waals surface area contributed by atoms with E-state index in [4.69, 9.17) is 90.8 Å². The van der Waals surface area contributed by atoms with Crippen molar-refractivity contribution < 1.29 is 39.7 Å². The number of carbonyl (C=O) groups is 1. The molecule has 32 heteroatoms. The van der Waals surface area contributed by atoms with Gasteiger partial charge in [-0.1, -0.05) is 155 Å². The summed E-state index contributed by atoms with van der Waals surface area (Å²) < 4.78 is 84.7. The summed E-state index contributed by atoms with van der Waals surface area (Å²) in [6.45, 7) is 7.74. The van der Waals surface area contributed by atoms with Crippen LogP contribution < -0.4 is 11.1 Å². The first kappa shape index (κ1) is 76.1. The van der Waals surface area contributed by atoms with Crippen LogP contribution in [0.2, 0.25) is 30.1 Å². The second-order valence-corrected chi connectivity index (χ2v) is 33.5. The number of nitrogens with zero attached hydrogens (tertiary/aromatic N) is 10. The van der Waals surface area contributed by atoms with Gasteiger partial charge in [0.1, 0.15) is 5.60 Å². The Kier molecular flexibility index (Phi) is 23.8. The third-order valence-corrected chi connectivity index (χ3v) is 24.4. The molecule has 16 rings (SSSR count). The van der Waals surface area contributed by atoms with Crippen molar-refractivity contribution in [1.29, 1.82) is 0 Å². The summed E-state index contributed by atoms with van der Waals surface area (Å²) in [5.41, 5.74) is 5.86. The van der Waals surface area contributed by atoms with Gasteiger partial charge in [0.15, 0.2) is 0 Å². The smallest absolute Gasteiger partial charge is 0.410 e. The molecule has 4 atom stereocenters. The van der Waals surface area contributed by atoms with E-state index in [0.29, 0.717) is 101 Å². The van der Waals surface area contributed by atoms with Gasteiger partial charge in [0.05, 0.1) is 61.2 Å². The summed E-state index contributed by atoms with van der Waals surface area (Å²) in [6, 6.07) is 33.2. The zero-order valence-corrected chi connectivity index (χ0v) is 62.6. The molecule has 12 aromatic rings. The molecule has 0 bridgehead atoms. The molecule has 22 nitrogen and oxygen atoms in total. The minimum atomic E-state index is -3.79. The van der Waals surface area contributed by atoms with Crippen molar-refractivity contribution in [1.82, 2.24) is 48.7 Å². The Balaban J connectivity index is 0.000000129. The van der Waals surface area contributed by atoms with Gasteiger partial charge in [-0.2, -0.15) is 8.61 Å². The lowest BCUT2D eigenvalue weighted by Gasteiger charge is -2.28. The molecule has 6 aromatic heterocycles. The fourth-order valence-corrected chi connectivity index (χ4v) is 19.6. The van der Waals surface area contributed by atoms with E-state index in [1.54, 1.807) is 107 Å². The molecular weight excluding hydrogens is 1530 g/mol. The van der Waals surface area contributed by atoms with Crippen LogP contribution >= 0.6 is 80.3 Å². The summed E-state index contributed by atoms with van der Waals surface area (Å²) in [5, 5.41) is 25.3. The first-order valence-corrected chi connectivity index (χ1v) is 39.2. The fourth-order valence-electron chi connectivity index (χ4n) is 12.9. The number of nitro benzene ring substituents is 1. The number of nitrogens with two attached hydrogens (primary N) is 1. The molecule has 10 heterocycles. The molecule has 4 aliphatic heterocycles. The molecule has 103 heavy (non-hydrogen) atoms. The van der Waals surface area contributed by atoms with Gasteiger partial charge in [-0.25, -0.2) is 30.0 Å². The summed E-state index contributed by atoms with van der Waals surface area (Å²) >= 11 is 36.1. The molecule has 0 aliphatic carbocycles. The van der Waals surface area contributed by atoms with Gasteiger partial charge < -0.3 is 20.7 Å². The van der Waals surface area contributed by atoms with Crippen LogP contribution in [0.4, 0.5) is 16.2 Å². The molecule has 0 spiro atoms. The van der Waals surface area contributed by atoms with Crippen LogP contribution in [-0.4, -0.2) is 136 Å². The number of anilines is 1. The van der Waals surface area contributed by atoms with E-state index < -0.39 is 39.6 Å². The second kappa shape index (κ2) is 32.2. The van der Waals surface area contributed by atoms with E-state index in [0.717, 1.165) is 46.3 Å². The molecule has 0 saturated carbocycles. The first-order chi connectivity index (χ1) is 49.0. The van der Waals surface area contributed by atoms with Gasteiger partial charge in [0.25, 0.3) is 14.7 Å². The Hall–Kier alpha value is -7.99. The number of carbonyl (C=O) groups excluding carboxylic acids is 1. The Morgan fingerprint density at radius 3 is 1.38 bits per heavy atom. The third-order valence-electron chi connectivity index (χ3n) is 17.3. The van der Waals surface area contributed by atoms with E-state index in [1.807, 2.05) is 69.3 Å². The van der Waals surface area contributed by atoms with E-state index in [9.17, 15) is 40.2 Å². The van der Waals surface area contributed by atoms with Crippen LogP contribution in [0.3, 0.4) is 0 Å². The van der Waals surface area contributed by atoms with Gasteiger partial charge in [-0.15, -0.1) is 0 Å². The number of benzene rings is 6. The quantitative estimate of drug-likeness (QED) is 0.0676. The topological polar surface area (TPSA) is 297 Å². The Bertz CT molecular complexity index is 5520. The van der Waals surface area contributed by atoms with Crippen LogP contribution in [0, 0.1) is 10.1 Å². The highest BCUT2D eigenvalue weighted by atomic mass is 35.7. The molecule has 534 valence electrons. The number of hydrogen-bond acceptors (Lipinski definition) is 18. The van der Waals surface area contributed by atoms with Crippen LogP contribution in [0.5, 0.6) is 0 Å². The number of likely N-dealkylation sites (tertiary alicyclic amines) is 1. The lowest BCUT2D eigenvalue weighted by Crippen LogP contribution is -2.43. The van der Waals surface area contributed by atoms with Gasteiger partial charge in [-0.05, 0) is 77.3 Å². The van der Waals surface area contributed by atoms with E-state index in [-0.39, 0.29) is 55.7 Å². The van der Waals surface area contributed by atoms with E-state index in [2.05, 4.69) is 35.2 Å². The highest BCUT2D eigenvalue weighted by Crippen LogP contribution is 2.41. The number of amides is 1. The largest absolute Gasteiger partial charge is 0.444 e. The molecule has 3 N–H and O–H groups in total. The average molecular weight is 1590 g/mol. The highest BCUT2D eigenvalue weighted by Gasteiger charge is 2.50. The standard InChI is InChI=1S/C20H24ClN3O4S.C15H16ClN3O2S.C9H5Cl2NO2S.C9H5ClN2O2.C9H7ClN2.C9H6ClN/c1-20(2,3)28-19(25)23-9-7-16-15(23)8-10-24(16)29(26,27)17-6-4-5-13-11-22-12-14(21)18(13)17;16-11-9-17-8-10-2-1-3-14(15(10)11)22(20,21)19-7-5-12-13(19)4-6-18-12;10-7-5-12-4-6-2-1-3-8(9(6)7)15(11,13)14;10-7-5-11-4-6-2-1-3-8(9(6)7)12(13)14;10-7-5-12-4-6-2-1-3-8(11)9(6)7;10-9-6-11-5-7-3-1-2-4-8(7)9/h4-6,11-12,15-16H,7-10H2,1-3H3;1-3,8-9,12-13,18H,4-7H2;1-5H;1-5H;1-5H,11H2;1-6H/t15-,16-;12-,13-;;;;/m00..../s1. The van der Waals surface area contributed by atoms with Gasteiger partial charge in [0, 0.05) is 194 Å². The second-order valence-electron chi connectivity index (χ2n) is 24.9.